The van der Waals surface area contributed by atoms with Crippen LogP contribution in [0.15, 0.2) is 78.2 Å². The number of imidazole rings is 1. The summed E-state index contributed by atoms with van der Waals surface area (Å²) in [4.78, 5) is 99.9. The van der Waals surface area contributed by atoms with Crippen LogP contribution in [0.3, 0.4) is 0 Å². The van der Waals surface area contributed by atoms with E-state index < -0.39 is 120 Å². The maximum Gasteiger partial charge on any atom is 0.472 e. The number of rotatable bonds is 25. The van der Waals surface area contributed by atoms with Gasteiger partial charge in [0.05, 0.1) is 32.6 Å². The predicted molar refractivity (Wildman–Crippen MR) is 271 cm³/mol. The number of anilines is 3. The Balaban J connectivity index is 0.991. The van der Waals surface area contributed by atoms with E-state index in [1.807, 2.05) is 13.8 Å². The van der Waals surface area contributed by atoms with Gasteiger partial charge in [0.15, 0.2) is 42.4 Å². The smallest absolute Gasteiger partial charge is 0.455 e. The molecule has 3 saturated heterocycles. The number of carbonyl (C=O) groups excluding carboxylic acids is 3. The van der Waals surface area contributed by atoms with Gasteiger partial charge < -0.3 is 75.0 Å². The Labute approximate surface area is 453 Å². The zero-order valence-corrected chi connectivity index (χ0v) is 44.6. The van der Waals surface area contributed by atoms with Crippen molar-refractivity contribution in [2.75, 3.05) is 49.8 Å². The molecule has 3 aromatic heterocycles. The number of benzene rings is 2. The highest BCUT2D eigenvalue weighted by atomic mass is 31.2. The summed E-state index contributed by atoms with van der Waals surface area (Å²) in [6.07, 6.45) is -10.6. The van der Waals surface area contributed by atoms with Gasteiger partial charge in [0.2, 0.25) is 5.91 Å². The molecule has 2 unspecified atom stereocenters. The zero-order valence-electron chi connectivity index (χ0n) is 42.8. The molecule has 3 fully saturated rings. The summed E-state index contributed by atoms with van der Waals surface area (Å²) >= 11 is 0. The molecule has 2 aromatic carbocycles. The van der Waals surface area contributed by atoms with Crippen molar-refractivity contribution in [3.63, 3.8) is 0 Å². The third-order valence-corrected chi connectivity index (χ3v) is 14.0. The number of fused-ring (bicyclic) bond motifs is 1. The van der Waals surface area contributed by atoms with Crippen LogP contribution in [-0.4, -0.2) is 149 Å². The molecular formula is C47H59FN10O20P2. The second-order valence-electron chi connectivity index (χ2n) is 18.9. The number of aromatic nitrogens is 6. The van der Waals surface area contributed by atoms with E-state index in [9.17, 15) is 52.5 Å². The van der Waals surface area contributed by atoms with E-state index in [4.69, 9.17) is 58.2 Å². The number of amides is 2. The standard InChI is InChI=1S/C47H59FN10O20P2/c1-25(2)14-17-69-20-30(55-47(63)71-19-27-7-11-29(12-8-27)54-34(59)18-26-5-9-28(48)10-6-26)45(61)77-38-31(74-43(37(38)60)58-24-53-36-41(50)51-23-52-42(36)58)22-73-80(67,68)78-39-32(21-72-79(64,65)66)75-44(40(39)76-35-4-3-16-70-35)57-15-13-33(49)56-46(57)62/h5-13,15,23-25,30-32,35,37-40,43-44,60H,3-4,14,16-22H2,1-2H3,(H,54,59)(H,55,63)(H,67,68)(H2,49,56,62)(H2,50,51,52)(H2,64,65,66)/t30-,31+,32+,35?,37+,38+,39+,40+,43+,44+/m0/s1. The Kier molecular flexibility index (Phi) is 19.7. The van der Waals surface area contributed by atoms with Crippen LogP contribution in [-0.2, 0) is 78.5 Å². The summed E-state index contributed by atoms with van der Waals surface area (Å²) in [5.74, 6) is -1.99. The molecular weight excluding hydrogens is 1110 g/mol. The molecule has 3 aliphatic rings. The number of nitrogens with zero attached hydrogens (tertiary/aromatic N) is 6. The summed E-state index contributed by atoms with van der Waals surface area (Å²) in [5.41, 5.74) is 12.4. The van der Waals surface area contributed by atoms with Gasteiger partial charge in [0.1, 0.15) is 60.6 Å². The zero-order chi connectivity index (χ0) is 57.3. The van der Waals surface area contributed by atoms with Crippen LogP contribution in [0, 0.1) is 11.7 Å². The van der Waals surface area contributed by atoms with Crippen molar-refractivity contribution < 1.29 is 94.4 Å². The van der Waals surface area contributed by atoms with Gasteiger partial charge in [-0.25, -0.2) is 42.9 Å². The van der Waals surface area contributed by atoms with Gasteiger partial charge in [-0.05, 0) is 60.2 Å². The fourth-order valence-corrected chi connectivity index (χ4v) is 9.81. The molecule has 434 valence electrons. The number of aliphatic hydroxyl groups excluding tert-OH is 1. The number of nitrogen functional groups attached to an aromatic ring is 2. The van der Waals surface area contributed by atoms with Gasteiger partial charge in [-0.2, -0.15) is 4.98 Å². The Hall–Kier alpha value is -6.41. The second-order valence-corrected chi connectivity index (χ2v) is 21.5. The van der Waals surface area contributed by atoms with Gasteiger partial charge >= 0.3 is 33.4 Å². The Morgan fingerprint density at radius 1 is 0.900 bits per heavy atom. The predicted octanol–water partition coefficient (Wildman–Crippen LogP) is 2.13. The lowest BCUT2D eigenvalue weighted by molar-refractivity contribution is -0.181. The van der Waals surface area contributed by atoms with E-state index in [1.54, 1.807) is 24.3 Å². The molecule has 0 saturated carbocycles. The van der Waals surface area contributed by atoms with Gasteiger partial charge in [0.25, 0.3) is 0 Å². The average Bonchev–Trinajstić information content (AvgIpc) is 4.22. The number of carbonyl (C=O) groups is 3. The molecule has 5 aromatic rings. The average molecular weight is 1160 g/mol. The fourth-order valence-electron chi connectivity index (χ4n) is 8.51. The van der Waals surface area contributed by atoms with E-state index >= 15 is 0 Å². The first kappa shape index (κ1) is 59.7. The van der Waals surface area contributed by atoms with Crippen LogP contribution in [0.2, 0.25) is 0 Å². The first-order valence-electron chi connectivity index (χ1n) is 24.8. The number of alkyl carbamates (subject to hydrolysis) is 1. The van der Waals surface area contributed by atoms with Gasteiger partial charge in [-0.15, -0.1) is 0 Å². The van der Waals surface area contributed by atoms with Crippen LogP contribution < -0.4 is 27.8 Å². The van der Waals surface area contributed by atoms with Crippen LogP contribution >= 0.6 is 15.6 Å². The molecule has 11 atom stereocenters. The van der Waals surface area contributed by atoms with Crippen molar-refractivity contribution >= 4 is 62.1 Å². The number of nitrogens with two attached hydrogens (primary N) is 2. The van der Waals surface area contributed by atoms with Crippen LogP contribution in [0.4, 0.5) is 26.5 Å². The summed E-state index contributed by atoms with van der Waals surface area (Å²) in [6.45, 7) is 1.52. The number of ether oxygens (including phenoxy) is 7. The largest absolute Gasteiger partial charge is 0.472 e. The van der Waals surface area contributed by atoms with Crippen LogP contribution in [0.1, 0.15) is 56.7 Å². The van der Waals surface area contributed by atoms with Crippen molar-refractivity contribution in [2.45, 2.75) is 108 Å². The third kappa shape index (κ3) is 15.9. The highest BCUT2D eigenvalue weighted by Crippen LogP contribution is 2.51. The molecule has 0 aliphatic carbocycles. The Bertz CT molecular complexity index is 3100. The molecule has 6 heterocycles. The quantitative estimate of drug-likeness (QED) is 0.0236. The van der Waals surface area contributed by atoms with Crippen molar-refractivity contribution in [3.8, 4) is 0 Å². The van der Waals surface area contributed by atoms with E-state index in [0.717, 1.165) is 10.9 Å². The Morgan fingerprint density at radius 2 is 1.61 bits per heavy atom. The van der Waals surface area contributed by atoms with Crippen molar-refractivity contribution in [3.05, 3.63) is 101 Å². The minimum absolute atomic E-state index is 0.00342. The highest BCUT2D eigenvalue weighted by molar-refractivity contribution is 7.47. The maximum atomic E-state index is 14.2. The molecule has 10 N–H and O–H groups in total. The molecule has 0 bridgehead atoms. The van der Waals surface area contributed by atoms with E-state index in [2.05, 4.69) is 30.6 Å². The first-order chi connectivity index (χ1) is 38.1. The van der Waals surface area contributed by atoms with E-state index in [0.29, 0.717) is 36.1 Å². The molecule has 30 nitrogen and oxygen atoms in total. The number of hydrogen-bond donors (Lipinski definition) is 8. The number of phosphoric acid groups is 2. The first-order valence-corrected chi connectivity index (χ1v) is 27.9. The Morgan fingerprint density at radius 3 is 2.31 bits per heavy atom. The molecule has 0 radical (unpaired) electrons. The number of phosphoric ester groups is 2. The fraction of sp³-hybridized carbons (Fsp3) is 0.489. The normalized spacial score (nSPS) is 24.2. The van der Waals surface area contributed by atoms with E-state index in [1.165, 1.54) is 47.4 Å². The molecule has 8 rings (SSSR count). The molecule has 80 heavy (non-hydrogen) atoms. The molecule has 0 spiro atoms. The van der Waals surface area contributed by atoms with E-state index in [-0.39, 0.29) is 60.9 Å². The minimum atomic E-state index is -5.50. The second kappa shape index (κ2) is 26.5. The molecule has 3 aliphatic heterocycles. The van der Waals surface area contributed by atoms with Crippen molar-refractivity contribution in [1.29, 1.82) is 0 Å². The van der Waals surface area contributed by atoms with Crippen molar-refractivity contribution in [1.82, 2.24) is 34.4 Å². The summed E-state index contributed by atoms with van der Waals surface area (Å²) in [5, 5.41) is 17.1. The summed E-state index contributed by atoms with van der Waals surface area (Å²) in [6, 6.07) is 11.4. The maximum absolute atomic E-state index is 14.2. The van der Waals surface area contributed by atoms with Gasteiger partial charge in [-0.3, -0.25) is 27.5 Å². The van der Waals surface area contributed by atoms with Gasteiger partial charge in [-0.1, -0.05) is 38.1 Å². The number of nitrogens with one attached hydrogen (secondary N) is 2. The lowest BCUT2D eigenvalue weighted by Crippen LogP contribution is -2.49. The summed E-state index contributed by atoms with van der Waals surface area (Å²) in [7, 11) is -10.7. The van der Waals surface area contributed by atoms with Crippen molar-refractivity contribution in [2.24, 2.45) is 5.92 Å². The lowest BCUT2D eigenvalue weighted by atomic mass is 10.1. The van der Waals surface area contributed by atoms with Crippen LogP contribution in [0.5, 0.6) is 0 Å². The van der Waals surface area contributed by atoms with Gasteiger partial charge in [0, 0.05) is 31.5 Å². The highest BCUT2D eigenvalue weighted by Gasteiger charge is 2.54. The molecule has 33 heteroatoms. The number of hydrogen-bond acceptors (Lipinski definition) is 23. The molecule has 2 amide bonds. The third-order valence-electron chi connectivity index (χ3n) is 12.5. The topological polar surface area (TPSA) is 413 Å². The minimum Gasteiger partial charge on any atom is -0.455 e. The lowest BCUT2D eigenvalue weighted by Gasteiger charge is -2.29. The monoisotopic (exact) mass is 1160 g/mol. The number of aliphatic hydroxyl groups is 1. The summed E-state index contributed by atoms with van der Waals surface area (Å²) < 4.78 is 98.2. The number of esters is 1. The number of halogens is 1. The SMILES string of the molecule is CC(C)CCOC[C@H](NC(=O)OCc1ccc(NC(=O)Cc2ccc(F)cc2)cc1)C(=O)O[C@H]1[C@@H](O)[C@H](n2cnc3c(N)ncnc32)O[C@@H]1COP(=O)(O)O[C@H]1[C@@H](OC2CCCO2)[C@H](n2ccc(N)nc2=O)O[C@@H]1COP(=O)(O)O. The van der Waals surface area contributed by atoms with Crippen LogP contribution in [0.25, 0.3) is 11.2 Å².